The van der Waals surface area contributed by atoms with Crippen molar-refractivity contribution in [3.63, 3.8) is 0 Å². The second-order valence-corrected chi connectivity index (χ2v) is 5.38. The van der Waals surface area contributed by atoms with Crippen LogP contribution in [-0.2, 0) is 28.7 Å². The minimum Gasteiger partial charge on any atom is -0.387 e. The van der Waals surface area contributed by atoms with Gasteiger partial charge in [0.25, 0.3) is 0 Å². The monoisotopic (exact) mass is 404 g/mol. The van der Waals surface area contributed by atoms with E-state index in [0.29, 0.717) is 0 Å². The highest BCUT2D eigenvalue weighted by Gasteiger charge is 2.10. The number of esters is 4. The number of carbonyl (C=O) groups excluding carboxylic acids is 4. The molecule has 0 unspecified atom stereocenters. The summed E-state index contributed by atoms with van der Waals surface area (Å²) in [4.78, 5) is 39.7. The van der Waals surface area contributed by atoms with Crippen molar-refractivity contribution in [2.75, 3.05) is 0 Å². The van der Waals surface area contributed by atoms with Crippen LogP contribution in [0.1, 0.15) is 11.1 Å². The van der Waals surface area contributed by atoms with Crippen LogP contribution in [0.5, 0.6) is 0 Å². The molecule has 0 fully saturated rings. The molecular formula is C24H20O6. The molecule has 0 saturated heterocycles. The van der Waals surface area contributed by atoms with E-state index in [1.807, 2.05) is 72.8 Å². The summed E-state index contributed by atoms with van der Waals surface area (Å²) < 4.78 is 7.94. The minimum atomic E-state index is -0.579. The lowest BCUT2D eigenvalue weighted by atomic mass is 10.2. The fourth-order valence-corrected chi connectivity index (χ4v) is 1.78. The molecule has 2 aliphatic rings. The van der Waals surface area contributed by atoms with E-state index in [4.69, 9.17) is 0 Å². The number of benzene rings is 2. The zero-order chi connectivity index (χ0) is 22.2. The molecular weight excluding hydrogens is 384 g/mol. The third-order valence-electron chi connectivity index (χ3n) is 3.18. The van der Waals surface area contributed by atoms with Crippen molar-refractivity contribution in [1.29, 1.82) is 0 Å². The highest BCUT2D eigenvalue weighted by atomic mass is 16.6. The van der Waals surface area contributed by atoms with Crippen LogP contribution in [0, 0.1) is 0 Å². The first-order valence-electron chi connectivity index (χ1n) is 8.67. The van der Waals surface area contributed by atoms with Gasteiger partial charge in [0.05, 0.1) is 0 Å². The molecule has 0 saturated carbocycles. The van der Waals surface area contributed by atoms with E-state index in [2.05, 4.69) is 22.6 Å². The van der Waals surface area contributed by atoms with Gasteiger partial charge in [0.1, 0.15) is 0 Å². The molecule has 0 radical (unpaired) electrons. The average molecular weight is 404 g/mol. The summed E-state index contributed by atoms with van der Waals surface area (Å²) in [5.74, 6) is -2.31. The zero-order valence-electron chi connectivity index (χ0n) is 16.1. The molecule has 0 amide bonds. The van der Waals surface area contributed by atoms with Gasteiger partial charge in [0.15, 0.2) is 0 Å². The molecule has 0 atom stereocenters. The molecule has 152 valence electrons. The molecule has 0 spiro atoms. The fraction of sp³-hybridized carbons (Fsp3) is 0. The summed E-state index contributed by atoms with van der Waals surface area (Å²) in [5.41, 5.74) is 2.35. The lowest BCUT2D eigenvalue weighted by molar-refractivity contribution is -0.151. The van der Waals surface area contributed by atoms with Crippen LogP contribution in [-0.4, -0.2) is 23.9 Å². The zero-order valence-corrected chi connectivity index (χ0v) is 16.1. The van der Waals surface area contributed by atoms with Crippen LogP contribution in [0.25, 0.3) is 12.2 Å². The summed E-state index contributed by atoms with van der Waals surface area (Å²) in [6.45, 7) is 7.26. The number of cyclic esters (lactones) is 4. The third kappa shape index (κ3) is 10.7. The Morgan fingerprint density at radius 1 is 0.500 bits per heavy atom. The number of ether oxygens (including phenoxy) is 2. The maximum absolute atomic E-state index is 9.92. The van der Waals surface area contributed by atoms with Gasteiger partial charge in [-0.1, -0.05) is 86.0 Å². The molecule has 0 N–H and O–H groups in total. The van der Waals surface area contributed by atoms with E-state index in [-0.39, 0.29) is 0 Å². The van der Waals surface area contributed by atoms with E-state index >= 15 is 0 Å². The van der Waals surface area contributed by atoms with E-state index < -0.39 is 23.9 Å². The Bertz CT molecular complexity index is 829. The van der Waals surface area contributed by atoms with E-state index in [9.17, 15) is 19.2 Å². The second-order valence-electron chi connectivity index (χ2n) is 5.38. The summed E-state index contributed by atoms with van der Waals surface area (Å²) in [7, 11) is 0. The van der Waals surface area contributed by atoms with Crippen LogP contribution in [0.3, 0.4) is 0 Å². The van der Waals surface area contributed by atoms with E-state index in [1.54, 1.807) is 0 Å². The van der Waals surface area contributed by atoms with Crippen LogP contribution in [0.4, 0.5) is 0 Å². The Labute approximate surface area is 174 Å². The average Bonchev–Trinajstić information content (AvgIpc) is 3.36. The topological polar surface area (TPSA) is 86.7 Å². The maximum atomic E-state index is 9.92. The van der Waals surface area contributed by atoms with Gasteiger partial charge >= 0.3 is 23.9 Å². The van der Waals surface area contributed by atoms with Crippen molar-refractivity contribution < 1.29 is 28.7 Å². The molecule has 2 heterocycles. The van der Waals surface area contributed by atoms with Gasteiger partial charge in [0.2, 0.25) is 0 Å². The first-order chi connectivity index (χ1) is 14.4. The van der Waals surface area contributed by atoms with Crippen molar-refractivity contribution in [3.05, 3.63) is 109 Å². The summed E-state index contributed by atoms with van der Waals surface area (Å²) >= 11 is 0. The van der Waals surface area contributed by atoms with E-state index in [1.165, 1.54) is 11.1 Å². The molecule has 6 heteroatoms. The van der Waals surface area contributed by atoms with Gasteiger partial charge < -0.3 is 9.47 Å². The first kappa shape index (κ1) is 23.7. The van der Waals surface area contributed by atoms with Crippen molar-refractivity contribution in [1.82, 2.24) is 0 Å². The molecule has 4 rings (SSSR count). The Morgan fingerprint density at radius 2 is 0.767 bits per heavy atom. The van der Waals surface area contributed by atoms with Crippen molar-refractivity contribution >= 4 is 36.0 Å². The van der Waals surface area contributed by atoms with Gasteiger partial charge in [0, 0.05) is 24.3 Å². The van der Waals surface area contributed by atoms with Gasteiger partial charge in [-0.05, 0) is 11.1 Å². The highest BCUT2D eigenvalue weighted by Crippen LogP contribution is 1.98. The molecule has 0 aromatic heterocycles. The Morgan fingerprint density at radius 3 is 0.900 bits per heavy atom. The van der Waals surface area contributed by atoms with Crippen LogP contribution in [0.15, 0.2) is 98.1 Å². The van der Waals surface area contributed by atoms with Crippen LogP contribution < -0.4 is 0 Å². The normalized spacial score (nSPS) is 12.8. The Hall–Kier alpha value is -4.32. The van der Waals surface area contributed by atoms with E-state index in [0.717, 1.165) is 24.3 Å². The second kappa shape index (κ2) is 13.8. The molecule has 2 aromatic carbocycles. The lowest BCUT2D eigenvalue weighted by Gasteiger charge is -1.85. The molecule has 0 aliphatic carbocycles. The summed E-state index contributed by atoms with van der Waals surface area (Å²) in [6.07, 6.45) is 8.01. The molecule has 6 nitrogen and oxygen atoms in total. The highest BCUT2D eigenvalue weighted by molar-refractivity contribution is 6.05. The van der Waals surface area contributed by atoms with Crippen molar-refractivity contribution in [2.24, 2.45) is 0 Å². The molecule has 2 aromatic rings. The molecule has 30 heavy (non-hydrogen) atoms. The smallest absolute Gasteiger partial charge is 0.338 e. The summed E-state index contributed by atoms with van der Waals surface area (Å²) in [5, 5.41) is 0. The number of carbonyl (C=O) groups is 4. The molecule has 0 bridgehead atoms. The Kier molecular flexibility index (Phi) is 10.9. The quantitative estimate of drug-likeness (QED) is 0.557. The first-order valence-corrected chi connectivity index (χ1v) is 8.67. The van der Waals surface area contributed by atoms with Crippen molar-refractivity contribution in [3.8, 4) is 0 Å². The predicted molar refractivity (Wildman–Crippen MR) is 114 cm³/mol. The largest absolute Gasteiger partial charge is 0.387 e. The van der Waals surface area contributed by atoms with Gasteiger partial charge in [-0.25, -0.2) is 19.2 Å². The number of hydrogen-bond donors (Lipinski definition) is 0. The number of rotatable bonds is 2. The van der Waals surface area contributed by atoms with Gasteiger partial charge in [-0.3, -0.25) is 0 Å². The predicted octanol–water partition coefficient (Wildman–Crippen LogP) is 3.91. The minimum absolute atomic E-state index is 0.579. The standard InChI is InChI=1S/2C8H8.2C4H2O3/c2*1-2-8-6-4-3-5-7-8;2*5-3-1-2-4(6)7-3/h2*2-7H,1H2;2*1-2H. The van der Waals surface area contributed by atoms with Crippen molar-refractivity contribution in [2.45, 2.75) is 0 Å². The number of hydrogen-bond acceptors (Lipinski definition) is 6. The van der Waals surface area contributed by atoms with Crippen LogP contribution in [0.2, 0.25) is 0 Å². The lowest BCUT2D eigenvalue weighted by Crippen LogP contribution is -1.96. The summed E-state index contributed by atoms with van der Waals surface area (Å²) in [6, 6.07) is 20.1. The Balaban J connectivity index is 0.000000200. The fourth-order valence-electron chi connectivity index (χ4n) is 1.78. The molecule has 2 aliphatic heterocycles. The third-order valence-corrected chi connectivity index (χ3v) is 3.18. The van der Waals surface area contributed by atoms with Crippen LogP contribution >= 0.6 is 0 Å². The van der Waals surface area contributed by atoms with Gasteiger partial charge in [-0.15, -0.1) is 0 Å². The van der Waals surface area contributed by atoms with Gasteiger partial charge in [-0.2, -0.15) is 0 Å². The maximum Gasteiger partial charge on any atom is 0.338 e. The SMILES string of the molecule is C=Cc1ccccc1.C=Cc1ccccc1.O=C1C=CC(=O)O1.O=C1C=CC(=O)O1.